The summed E-state index contributed by atoms with van der Waals surface area (Å²) in [7, 11) is 0. The average Bonchev–Trinajstić information content (AvgIpc) is 3.75. The van der Waals surface area contributed by atoms with Crippen molar-refractivity contribution in [3.05, 3.63) is 59.2 Å². The van der Waals surface area contributed by atoms with Gasteiger partial charge in [-0.2, -0.15) is 18.7 Å². The zero-order chi connectivity index (χ0) is 32.9. The van der Waals surface area contributed by atoms with Gasteiger partial charge >= 0.3 is 6.01 Å². The Kier molecular flexibility index (Phi) is 6.65. The lowest BCUT2D eigenvalue weighted by atomic mass is 9.90. The molecule has 4 fully saturated rings. The minimum atomic E-state index is -1.68. The summed E-state index contributed by atoms with van der Waals surface area (Å²) in [6.45, 7) is 3.70. The van der Waals surface area contributed by atoms with Gasteiger partial charge in [-0.1, -0.05) is 30.2 Å². The molecular formula is C36H32F4N6O2. The standard InChI is InChI=1S/C36H32F4N6O2/c1-3-21-24(37)10-8-19-6-4-7-22(26(19)21)29-28(38)30-27-33(46-16-20-9-11-25(41-20)31(46)18(2)48-34(27)42-29)44-35(43-30)47-17-36-13-5-14-45(36)15-12-23(36)32(39)40/h1,4,6-8,10,18,20,25,31,41H,5,9,11-17H2,2H3. The van der Waals surface area contributed by atoms with Gasteiger partial charge in [0.05, 0.1) is 17.1 Å². The van der Waals surface area contributed by atoms with Gasteiger partial charge in [-0.25, -0.2) is 13.8 Å². The lowest BCUT2D eigenvalue weighted by Crippen LogP contribution is -2.62. The molecule has 48 heavy (non-hydrogen) atoms. The minimum Gasteiger partial charge on any atom is -0.472 e. The van der Waals surface area contributed by atoms with Gasteiger partial charge in [-0.3, -0.25) is 4.90 Å². The normalized spacial score (nSPS) is 27.5. The Bertz CT molecular complexity index is 2100. The number of fused-ring (bicyclic) bond motifs is 7. The number of pyridine rings is 1. The summed E-state index contributed by atoms with van der Waals surface area (Å²) in [4.78, 5) is 18.4. The summed E-state index contributed by atoms with van der Waals surface area (Å²) in [6, 6.07) is 8.08. The maximum atomic E-state index is 17.1. The van der Waals surface area contributed by atoms with Crippen LogP contribution in [0, 0.1) is 24.0 Å². The monoisotopic (exact) mass is 656 g/mol. The van der Waals surface area contributed by atoms with Crippen molar-refractivity contribution in [2.24, 2.45) is 0 Å². The Hall–Kier alpha value is -4.47. The van der Waals surface area contributed by atoms with Crippen LogP contribution in [0.4, 0.5) is 23.4 Å². The minimum absolute atomic E-state index is 0.00271. The number of benzene rings is 2. The number of anilines is 1. The van der Waals surface area contributed by atoms with Crippen LogP contribution in [-0.4, -0.2) is 75.9 Å². The first-order chi connectivity index (χ1) is 23.3. The predicted octanol–water partition coefficient (Wildman–Crippen LogP) is 5.96. The number of halogens is 4. The summed E-state index contributed by atoms with van der Waals surface area (Å²) in [6.07, 6.45) is 7.19. The summed E-state index contributed by atoms with van der Waals surface area (Å²) < 4.78 is 73.2. The summed E-state index contributed by atoms with van der Waals surface area (Å²) in [5.74, 6) is 1.63. The number of hydrogen-bond donors (Lipinski definition) is 1. The molecule has 2 aromatic heterocycles. The molecule has 8 nitrogen and oxygen atoms in total. The third-order valence-electron chi connectivity index (χ3n) is 11.1. The Morgan fingerprint density at radius 2 is 2.00 bits per heavy atom. The van der Waals surface area contributed by atoms with Crippen LogP contribution in [0.5, 0.6) is 11.9 Å². The lowest BCUT2D eigenvalue weighted by molar-refractivity contribution is 0.126. The zero-order valence-electron chi connectivity index (χ0n) is 26.2. The molecule has 2 aromatic carbocycles. The predicted molar refractivity (Wildman–Crippen MR) is 172 cm³/mol. The van der Waals surface area contributed by atoms with Gasteiger partial charge in [0.1, 0.15) is 40.9 Å². The van der Waals surface area contributed by atoms with Gasteiger partial charge in [0.15, 0.2) is 5.82 Å². The second-order valence-corrected chi connectivity index (χ2v) is 13.5. The number of terminal acetylenes is 1. The summed E-state index contributed by atoms with van der Waals surface area (Å²) >= 11 is 0. The van der Waals surface area contributed by atoms with Gasteiger partial charge in [-0.15, -0.1) is 6.42 Å². The van der Waals surface area contributed by atoms with E-state index in [0.29, 0.717) is 48.0 Å². The fraction of sp³-hybridized carbons (Fsp3) is 0.417. The largest absolute Gasteiger partial charge is 0.472 e. The van der Waals surface area contributed by atoms with Crippen LogP contribution >= 0.6 is 0 Å². The molecule has 1 N–H and O–H groups in total. The van der Waals surface area contributed by atoms with E-state index in [0.717, 1.165) is 19.3 Å². The molecule has 5 atom stereocenters. The maximum Gasteiger partial charge on any atom is 0.319 e. The molecule has 5 aliphatic heterocycles. The van der Waals surface area contributed by atoms with Crippen LogP contribution in [0.15, 0.2) is 42.0 Å². The first-order valence-corrected chi connectivity index (χ1v) is 16.5. The maximum absolute atomic E-state index is 17.1. The number of piperazine rings is 1. The molecule has 9 rings (SSSR count). The second kappa shape index (κ2) is 10.8. The van der Waals surface area contributed by atoms with E-state index in [1.807, 2.05) is 11.8 Å². The van der Waals surface area contributed by atoms with Crippen molar-refractivity contribution in [3.63, 3.8) is 0 Å². The topological polar surface area (TPSA) is 75.6 Å². The molecule has 0 spiro atoms. The van der Waals surface area contributed by atoms with Gasteiger partial charge in [0.2, 0.25) is 5.88 Å². The van der Waals surface area contributed by atoms with Gasteiger partial charge in [0.25, 0.3) is 6.08 Å². The molecule has 0 radical (unpaired) electrons. The van der Waals surface area contributed by atoms with Crippen molar-refractivity contribution in [2.45, 2.75) is 68.8 Å². The summed E-state index contributed by atoms with van der Waals surface area (Å²) in [5, 5.41) is 4.96. The zero-order valence-corrected chi connectivity index (χ0v) is 26.2. The van der Waals surface area contributed by atoms with E-state index in [9.17, 15) is 13.2 Å². The van der Waals surface area contributed by atoms with E-state index in [-0.39, 0.29) is 77.1 Å². The van der Waals surface area contributed by atoms with E-state index >= 15 is 4.39 Å². The van der Waals surface area contributed by atoms with Gasteiger partial charge in [-0.05, 0) is 57.0 Å². The average molecular weight is 657 g/mol. The van der Waals surface area contributed by atoms with Crippen LogP contribution in [0.25, 0.3) is 32.9 Å². The third kappa shape index (κ3) is 4.19. The number of nitrogens with zero attached hydrogens (tertiary/aromatic N) is 5. The van der Waals surface area contributed by atoms with Crippen molar-refractivity contribution in [1.82, 2.24) is 25.2 Å². The highest BCUT2D eigenvalue weighted by Gasteiger charge is 2.51. The molecule has 4 aromatic rings. The fourth-order valence-electron chi connectivity index (χ4n) is 9.01. The smallest absolute Gasteiger partial charge is 0.319 e. The van der Waals surface area contributed by atoms with Crippen LogP contribution in [0.2, 0.25) is 0 Å². The Balaban J connectivity index is 1.26. The van der Waals surface area contributed by atoms with Crippen molar-refractivity contribution < 1.29 is 27.0 Å². The molecule has 7 heterocycles. The Labute approximate surface area is 274 Å². The van der Waals surface area contributed by atoms with E-state index in [1.165, 1.54) is 6.07 Å². The van der Waals surface area contributed by atoms with Crippen molar-refractivity contribution >= 4 is 27.5 Å². The molecule has 12 heteroatoms. The molecule has 0 aliphatic carbocycles. The van der Waals surface area contributed by atoms with Gasteiger partial charge < -0.3 is 19.7 Å². The SMILES string of the molecule is C#Cc1c(F)ccc2cccc(-c3nc4c5c(nc(OCC67CCCN6CCC7=C(F)F)nc5c3F)N3CC5CCC(N5)C3C(C)O4)c12. The van der Waals surface area contributed by atoms with E-state index in [2.05, 4.69) is 21.1 Å². The number of ether oxygens (including phenoxy) is 2. The first-order valence-electron chi connectivity index (χ1n) is 16.5. The van der Waals surface area contributed by atoms with Crippen LogP contribution in [-0.2, 0) is 0 Å². The molecule has 0 amide bonds. The first kappa shape index (κ1) is 29.7. The molecule has 5 unspecified atom stereocenters. The van der Waals surface area contributed by atoms with Crippen LogP contribution in [0.1, 0.15) is 44.6 Å². The third-order valence-corrected chi connectivity index (χ3v) is 11.1. The molecule has 5 aliphatic rings. The van der Waals surface area contributed by atoms with Crippen molar-refractivity contribution in [1.29, 1.82) is 0 Å². The van der Waals surface area contributed by atoms with E-state index in [4.69, 9.17) is 25.9 Å². The molecule has 246 valence electrons. The summed E-state index contributed by atoms with van der Waals surface area (Å²) in [5.41, 5.74) is -0.760. The van der Waals surface area contributed by atoms with Crippen LogP contribution < -0.4 is 19.7 Å². The fourth-order valence-corrected chi connectivity index (χ4v) is 9.01. The molecule has 0 saturated carbocycles. The second-order valence-electron chi connectivity index (χ2n) is 13.5. The van der Waals surface area contributed by atoms with Crippen molar-refractivity contribution in [2.75, 3.05) is 31.1 Å². The Morgan fingerprint density at radius 1 is 1.12 bits per heavy atom. The highest BCUT2D eigenvalue weighted by Crippen LogP contribution is 2.47. The van der Waals surface area contributed by atoms with Crippen molar-refractivity contribution in [3.8, 4) is 35.5 Å². The highest BCUT2D eigenvalue weighted by molar-refractivity contribution is 6.03. The highest BCUT2D eigenvalue weighted by atomic mass is 19.3. The molecule has 4 saturated heterocycles. The quantitative estimate of drug-likeness (QED) is 0.213. The number of hydrogen-bond acceptors (Lipinski definition) is 8. The van der Waals surface area contributed by atoms with E-state index in [1.54, 1.807) is 24.3 Å². The number of rotatable bonds is 4. The molecular weight excluding hydrogens is 624 g/mol. The van der Waals surface area contributed by atoms with Gasteiger partial charge in [0, 0.05) is 41.7 Å². The number of nitrogens with one attached hydrogen (secondary N) is 1. The molecule has 2 bridgehead atoms. The van der Waals surface area contributed by atoms with Crippen LogP contribution in [0.3, 0.4) is 0 Å². The number of aromatic nitrogens is 3. The Morgan fingerprint density at radius 3 is 2.83 bits per heavy atom. The lowest BCUT2D eigenvalue weighted by Gasteiger charge is -2.42. The van der Waals surface area contributed by atoms with E-state index < -0.39 is 23.3 Å².